The van der Waals surface area contributed by atoms with Crippen molar-refractivity contribution in [2.24, 2.45) is 0 Å². The Morgan fingerprint density at radius 1 is 1.29 bits per heavy atom. The molecule has 1 aromatic carbocycles. The van der Waals surface area contributed by atoms with Crippen LogP contribution in [-0.4, -0.2) is 41.9 Å². The van der Waals surface area contributed by atoms with E-state index in [1.807, 2.05) is 6.07 Å². The standard InChI is InChI=1S/C15H20N2O4/c18-17(19)13-5-3-4-12(10-13)11-16-7-2-1-6-14(16)15-20-8-9-21-15/h3-5,10,14-15H,1-2,6-9,11H2. The second kappa shape index (κ2) is 6.51. The van der Waals surface area contributed by atoms with E-state index < -0.39 is 0 Å². The molecule has 0 saturated carbocycles. The fourth-order valence-electron chi connectivity index (χ4n) is 3.12. The highest BCUT2D eigenvalue weighted by Gasteiger charge is 2.33. The van der Waals surface area contributed by atoms with Crippen molar-refractivity contribution in [3.63, 3.8) is 0 Å². The van der Waals surface area contributed by atoms with E-state index in [-0.39, 0.29) is 22.9 Å². The topological polar surface area (TPSA) is 64.8 Å². The third-order valence-electron chi connectivity index (χ3n) is 4.13. The average Bonchev–Trinajstić information content (AvgIpc) is 3.02. The highest BCUT2D eigenvalue weighted by molar-refractivity contribution is 5.34. The highest BCUT2D eigenvalue weighted by Crippen LogP contribution is 2.26. The number of benzene rings is 1. The molecule has 114 valence electrons. The first-order chi connectivity index (χ1) is 10.2. The molecular weight excluding hydrogens is 272 g/mol. The molecular formula is C15H20N2O4. The van der Waals surface area contributed by atoms with Crippen LogP contribution < -0.4 is 0 Å². The average molecular weight is 292 g/mol. The minimum absolute atomic E-state index is 0.148. The van der Waals surface area contributed by atoms with Gasteiger partial charge in [0.1, 0.15) is 0 Å². The van der Waals surface area contributed by atoms with Crippen molar-refractivity contribution in [3.05, 3.63) is 39.9 Å². The van der Waals surface area contributed by atoms with Gasteiger partial charge in [0.15, 0.2) is 6.29 Å². The quantitative estimate of drug-likeness (QED) is 0.629. The summed E-state index contributed by atoms with van der Waals surface area (Å²) in [6.07, 6.45) is 3.24. The van der Waals surface area contributed by atoms with Crippen molar-refractivity contribution in [1.82, 2.24) is 4.90 Å². The number of hydrogen-bond donors (Lipinski definition) is 0. The van der Waals surface area contributed by atoms with Crippen molar-refractivity contribution in [2.45, 2.75) is 38.1 Å². The monoisotopic (exact) mass is 292 g/mol. The largest absolute Gasteiger partial charge is 0.349 e. The van der Waals surface area contributed by atoms with Gasteiger partial charge in [0.05, 0.1) is 24.2 Å². The zero-order chi connectivity index (χ0) is 14.7. The molecule has 2 saturated heterocycles. The Morgan fingerprint density at radius 2 is 2.10 bits per heavy atom. The maximum absolute atomic E-state index is 10.9. The lowest BCUT2D eigenvalue weighted by Gasteiger charge is -2.37. The smallest absolute Gasteiger partial charge is 0.269 e. The highest BCUT2D eigenvalue weighted by atomic mass is 16.7. The van der Waals surface area contributed by atoms with E-state index >= 15 is 0 Å². The van der Waals surface area contributed by atoms with E-state index in [9.17, 15) is 10.1 Å². The van der Waals surface area contributed by atoms with Crippen LogP contribution in [0.4, 0.5) is 5.69 Å². The van der Waals surface area contributed by atoms with Gasteiger partial charge in [0, 0.05) is 18.7 Å². The molecule has 0 aromatic heterocycles. The van der Waals surface area contributed by atoms with Crippen LogP contribution in [-0.2, 0) is 16.0 Å². The molecule has 0 radical (unpaired) electrons. The normalized spacial score (nSPS) is 24.3. The first kappa shape index (κ1) is 14.4. The molecule has 1 unspecified atom stereocenters. The Balaban J connectivity index is 1.71. The molecule has 2 aliphatic rings. The summed E-state index contributed by atoms with van der Waals surface area (Å²) in [7, 11) is 0. The summed E-state index contributed by atoms with van der Waals surface area (Å²) >= 11 is 0. The van der Waals surface area contributed by atoms with Crippen LogP contribution in [0.2, 0.25) is 0 Å². The summed E-state index contributed by atoms with van der Waals surface area (Å²) < 4.78 is 11.3. The number of nitro groups is 1. The van der Waals surface area contributed by atoms with Crippen LogP contribution in [0.5, 0.6) is 0 Å². The molecule has 0 N–H and O–H groups in total. The fourth-order valence-corrected chi connectivity index (χ4v) is 3.12. The fraction of sp³-hybridized carbons (Fsp3) is 0.600. The summed E-state index contributed by atoms with van der Waals surface area (Å²) in [6.45, 7) is 3.00. The zero-order valence-electron chi connectivity index (χ0n) is 11.9. The predicted octanol–water partition coefficient (Wildman–Crippen LogP) is 2.32. The molecule has 1 atom stereocenters. The predicted molar refractivity (Wildman–Crippen MR) is 76.8 cm³/mol. The van der Waals surface area contributed by atoms with Gasteiger partial charge in [-0.15, -0.1) is 0 Å². The molecule has 0 spiro atoms. The van der Waals surface area contributed by atoms with Crippen molar-refractivity contribution in [3.8, 4) is 0 Å². The van der Waals surface area contributed by atoms with Gasteiger partial charge < -0.3 is 9.47 Å². The minimum atomic E-state index is -0.347. The lowest BCUT2D eigenvalue weighted by Crippen LogP contribution is -2.46. The Kier molecular flexibility index (Phi) is 4.48. The van der Waals surface area contributed by atoms with Gasteiger partial charge in [0.25, 0.3) is 5.69 Å². The molecule has 0 aliphatic carbocycles. The van der Waals surface area contributed by atoms with E-state index in [0.29, 0.717) is 19.8 Å². The molecule has 2 heterocycles. The Bertz CT molecular complexity index is 502. The van der Waals surface area contributed by atoms with Crippen LogP contribution >= 0.6 is 0 Å². The van der Waals surface area contributed by atoms with Crippen molar-refractivity contribution >= 4 is 5.69 Å². The third kappa shape index (κ3) is 3.40. The minimum Gasteiger partial charge on any atom is -0.349 e. The molecule has 21 heavy (non-hydrogen) atoms. The van der Waals surface area contributed by atoms with Gasteiger partial charge in [-0.3, -0.25) is 15.0 Å². The number of ether oxygens (including phenoxy) is 2. The van der Waals surface area contributed by atoms with Crippen molar-refractivity contribution < 1.29 is 14.4 Å². The number of non-ortho nitro benzene ring substituents is 1. The lowest BCUT2D eigenvalue weighted by molar-refractivity contribution is -0.384. The summed E-state index contributed by atoms with van der Waals surface area (Å²) in [5.74, 6) is 0. The molecule has 2 aliphatic heterocycles. The maximum atomic E-state index is 10.9. The molecule has 6 nitrogen and oxygen atoms in total. The van der Waals surface area contributed by atoms with E-state index in [4.69, 9.17) is 9.47 Å². The van der Waals surface area contributed by atoms with Crippen LogP contribution in [0.3, 0.4) is 0 Å². The van der Waals surface area contributed by atoms with Gasteiger partial charge in [0.2, 0.25) is 0 Å². The second-order valence-corrected chi connectivity index (χ2v) is 5.57. The molecule has 0 bridgehead atoms. The van der Waals surface area contributed by atoms with Gasteiger partial charge in [-0.05, 0) is 24.9 Å². The first-order valence-electron chi connectivity index (χ1n) is 7.44. The summed E-state index contributed by atoms with van der Waals surface area (Å²) in [5, 5.41) is 10.9. The molecule has 3 rings (SSSR count). The number of rotatable bonds is 4. The number of nitro benzene ring substituents is 1. The van der Waals surface area contributed by atoms with E-state index in [1.54, 1.807) is 12.1 Å². The summed E-state index contributed by atoms with van der Waals surface area (Å²) in [5.41, 5.74) is 1.11. The molecule has 6 heteroatoms. The lowest BCUT2D eigenvalue weighted by atomic mass is 10.0. The van der Waals surface area contributed by atoms with Crippen LogP contribution in [0.15, 0.2) is 24.3 Å². The SMILES string of the molecule is O=[N+]([O-])c1cccc(CN2CCCCC2C2OCCO2)c1. The van der Waals surface area contributed by atoms with E-state index in [0.717, 1.165) is 24.9 Å². The molecule has 1 aromatic rings. The zero-order valence-corrected chi connectivity index (χ0v) is 11.9. The van der Waals surface area contributed by atoms with Crippen molar-refractivity contribution in [2.75, 3.05) is 19.8 Å². The number of nitrogens with zero attached hydrogens (tertiary/aromatic N) is 2. The number of hydrogen-bond acceptors (Lipinski definition) is 5. The van der Waals surface area contributed by atoms with Crippen molar-refractivity contribution in [1.29, 1.82) is 0 Å². The van der Waals surface area contributed by atoms with Gasteiger partial charge in [-0.2, -0.15) is 0 Å². The van der Waals surface area contributed by atoms with Crippen LogP contribution in [0.1, 0.15) is 24.8 Å². The first-order valence-corrected chi connectivity index (χ1v) is 7.44. The maximum Gasteiger partial charge on any atom is 0.269 e. The van der Waals surface area contributed by atoms with Gasteiger partial charge >= 0.3 is 0 Å². The number of piperidine rings is 1. The Morgan fingerprint density at radius 3 is 2.86 bits per heavy atom. The van der Waals surface area contributed by atoms with E-state index in [2.05, 4.69) is 4.90 Å². The van der Waals surface area contributed by atoms with Gasteiger partial charge in [-0.25, -0.2) is 0 Å². The Hall–Kier alpha value is -1.50. The second-order valence-electron chi connectivity index (χ2n) is 5.57. The number of likely N-dealkylation sites (tertiary alicyclic amines) is 1. The van der Waals surface area contributed by atoms with Gasteiger partial charge in [-0.1, -0.05) is 18.6 Å². The Labute approximate surface area is 123 Å². The summed E-state index contributed by atoms with van der Waals surface area (Å²) in [6, 6.07) is 7.12. The molecule has 2 fully saturated rings. The molecule has 0 amide bonds. The summed E-state index contributed by atoms with van der Waals surface area (Å²) in [4.78, 5) is 12.9. The van der Waals surface area contributed by atoms with Crippen LogP contribution in [0, 0.1) is 10.1 Å². The third-order valence-corrected chi connectivity index (χ3v) is 4.13. The van der Waals surface area contributed by atoms with E-state index in [1.165, 1.54) is 12.5 Å². The van der Waals surface area contributed by atoms with Crippen LogP contribution in [0.25, 0.3) is 0 Å².